The summed E-state index contributed by atoms with van der Waals surface area (Å²) in [6.07, 6.45) is 0. The highest BCUT2D eigenvalue weighted by Gasteiger charge is 2.33. The second kappa shape index (κ2) is 7.66. The van der Waals surface area contributed by atoms with Gasteiger partial charge in [-0.3, -0.25) is 4.79 Å². The molecule has 0 aliphatic carbocycles. The van der Waals surface area contributed by atoms with Crippen molar-refractivity contribution < 1.29 is 4.79 Å². The Morgan fingerprint density at radius 3 is 1.73 bits per heavy atom. The van der Waals surface area contributed by atoms with Crippen LogP contribution in [0.25, 0.3) is 0 Å². The normalized spacial score (nSPS) is 11.5. The van der Waals surface area contributed by atoms with Gasteiger partial charge in [-0.25, -0.2) is 0 Å². The van der Waals surface area contributed by atoms with Crippen LogP contribution in [0.4, 0.5) is 0 Å². The molecule has 0 saturated heterocycles. The van der Waals surface area contributed by atoms with Gasteiger partial charge in [-0.05, 0) is 18.1 Å². The van der Waals surface area contributed by atoms with E-state index >= 15 is 0 Å². The molecule has 2 rings (SSSR count). The SMILES string of the molecule is CC(CCl)(CCl)C(=O)NC(c1ccccc1)c1ccccc1. The molecule has 4 heteroatoms. The second-order valence-corrected chi connectivity index (χ2v) is 6.09. The molecule has 0 saturated carbocycles. The van der Waals surface area contributed by atoms with Crippen LogP contribution in [0.5, 0.6) is 0 Å². The number of benzene rings is 2. The summed E-state index contributed by atoms with van der Waals surface area (Å²) in [4.78, 5) is 12.6. The summed E-state index contributed by atoms with van der Waals surface area (Å²) in [5.41, 5.74) is 1.26. The predicted octanol–water partition coefficient (Wildman–Crippen LogP) is 4.38. The molecule has 0 atom stereocenters. The molecule has 116 valence electrons. The van der Waals surface area contributed by atoms with Crippen molar-refractivity contribution in [2.24, 2.45) is 5.41 Å². The van der Waals surface area contributed by atoms with E-state index in [1.165, 1.54) is 0 Å². The number of alkyl halides is 2. The van der Waals surface area contributed by atoms with Crippen LogP contribution in [0, 0.1) is 5.41 Å². The van der Waals surface area contributed by atoms with E-state index in [1.54, 1.807) is 6.92 Å². The van der Waals surface area contributed by atoms with Crippen molar-refractivity contribution >= 4 is 29.1 Å². The van der Waals surface area contributed by atoms with E-state index in [0.29, 0.717) is 0 Å². The summed E-state index contributed by atoms with van der Waals surface area (Å²) >= 11 is 11.9. The van der Waals surface area contributed by atoms with Gasteiger partial charge in [0.05, 0.1) is 11.5 Å². The highest BCUT2D eigenvalue weighted by molar-refractivity contribution is 6.24. The molecule has 2 aromatic carbocycles. The van der Waals surface area contributed by atoms with Crippen molar-refractivity contribution in [2.75, 3.05) is 11.8 Å². The molecule has 0 bridgehead atoms. The molecule has 2 nitrogen and oxygen atoms in total. The average Bonchev–Trinajstić information content (AvgIpc) is 2.60. The minimum Gasteiger partial charge on any atom is -0.345 e. The molecule has 1 N–H and O–H groups in total. The predicted molar refractivity (Wildman–Crippen MR) is 92.4 cm³/mol. The number of hydrogen-bond donors (Lipinski definition) is 1. The Balaban J connectivity index is 2.33. The van der Waals surface area contributed by atoms with Crippen molar-refractivity contribution in [1.82, 2.24) is 5.32 Å². The van der Waals surface area contributed by atoms with Gasteiger partial charge in [-0.1, -0.05) is 60.7 Å². The maximum atomic E-state index is 12.6. The van der Waals surface area contributed by atoms with Gasteiger partial charge < -0.3 is 5.32 Å². The first kappa shape index (κ1) is 16.9. The molecule has 0 unspecified atom stereocenters. The third-order valence-electron chi connectivity index (χ3n) is 3.68. The van der Waals surface area contributed by atoms with Crippen molar-refractivity contribution in [3.63, 3.8) is 0 Å². The van der Waals surface area contributed by atoms with E-state index < -0.39 is 5.41 Å². The Kier molecular flexibility index (Phi) is 5.87. The van der Waals surface area contributed by atoms with Gasteiger partial charge >= 0.3 is 0 Å². The first-order valence-corrected chi connectivity index (χ1v) is 8.20. The molecule has 0 radical (unpaired) electrons. The zero-order chi connectivity index (χ0) is 16.0. The Hall–Kier alpha value is -1.51. The van der Waals surface area contributed by atoms with Crippen LogP contribution < -0.4 is 5.32 Å². The van der Waals surface area contributed by atoms with Gasteiger partial charge in [0.2, 0.25) is 5.91 Å². The zero-order valence-corrected chi connectivity index (χ0v) is 13.9. The highest BCUT2D eigenvalue weighted by Crippen LogP contribution is 2.26. The number of amides is 1. The molecule has 0 fully saturated rings. The minimum atomic E-state index is -0.787. The summed E-state index contributed by atoms with van der Waals surface area (Å²) in [7, 11) is 0. The molecule has 22 heavy (non-hydrogen) atoms. The first-order chi connectivity index (χ1) is 10.6. The van der Waals surface area contributed by atoms with Crippen molar-refractivity contribution in [2.45, 2.75) is 13.0 Å². The topological polar surface area (TPSA) is 29.1 Å². The number of halogens is 2. The molecule has 0 aromatic heterocycles. The fourth-order valence-corrected chi connectivity index (χ4v) is 2.64. The summed E-state index contributed by atoms with van der Waals surface area (Å²) in [6.45, 7) is 1.77. The van der Waals surface area contributed by atoms with Crippen LogP contribution in [0.3, 0.4) is 0 Å². The lowest BCUT2D eigenvalue weighted by molar-refractivity contribution is -0.128. The molecule has 1 amide bonds. The lowest BCUT2D eigenvalue weighted by atomic mass is 9.92. The summed E-state index contributed by atoms with van der Waals surface area (Å²) in [5.74, 6) is 0.215. The van der Waals surface area contributed by atoms with Gasteiger partial charge in [0.25, 0.3) is 0 Å². The molecule has 2 aromatic rings. The van der Waals surface area contributed by atoms with Crippen molar-refractivity contribution in [1.29, 1.82) is 0 Å². The molecule has 0 spiro atoms. The van der Waals surface area contributed by atoms with Crippen molar-refractivity contribution in [3.8, 4) is 0 Å². The number of carbonyl (C=O) groups is 1. The Morgan fingerprint density at radius 2 is 1.36 bits per heavy atom. The maximum Gasteiger partial charge on any atom is 0.229 e. The second-order valence-electron chi connectivity index (χ2n) is 5.56. The highest BCUT2D eigenvalue weighted by atomic mass is 35.5. The minimum absolute atomic E-state index is 0.143. The lowest BCUT2D eigenvalue weighted by Crippen LogP contribution is -2.43. The van der Waals surface area contributed by atoms with E-state index in [0.717, 1.165) is 11.1 Å². The Bertz CT molecular complexity index is 557. The van der Waals surface area contributed by atoms with Crippen LogP contribution in [-0.2, 0) is 4.79 Å². The third kappa shape index (κ3) is 3.82. The van der Waals surface area contributed by atoms with E-state index in [4.69, 9.17) is 23.2 Å². The molecular weight excluding hydrogens is 317 g/mol. The molecule has 0 aliphatic heterocycles. The van der Waals surface area contributed by atoms with Crippen LogP contribution in [0.2, 0.25) is 0 Å². The lowest BCUT2D eigenvalue weighted by Gasteiger charge is -2.27. The Labute approximate surface area is 141 Å². The van der Waals surface area contributed by atoms with E-state index in [-0.39, 0.29) is 23.7 Å². The number of carbonyl (C=O) groups excluding carboxylic acids is 1. The van der Waals surface area contributed by atoms with Crippen LogP contribution >= 0.6 is 23.2 Å². The summed E-state index contributed by atoms with van der Waals surface area (Å²) in [6, 6.07) is 19.5. The van der Waals surface area contributed by atoms with Crippen LogP contribution in [-0.4, -0.2) is 17.7 Å². The fraction of sp³-hybridized carbons (Fsp3) is 0.278. The van der Waals surface area contributed by atoms with Crippen molar-refractivity contribution in [3.05, 3.63) is 71.8 Å². The molecule has 0 aliphatic rings. The van der Waals surface area contributed by atoms with Crippen LogP contribution in [0.1, 0.15) is 24.1 Å². The molecular formula is C18H19Cl2NO. The molecule has 0 heterocycles. The first-order valence-electron chi connectivity index (χ1n) is 7.13. The standard InChI is InChI=1S/C18H19Cl2NO/c1-18(12-19,13-20)17(22)21-16(14-8-4-2-5-9-14)15-10-6-3-7-11-15/h2-11,16H,12-13H2,1H3,(H,21,22). The van der Waals surface area contributed by atoms with Crippen LogP contribution in [0.15, 0.2) is 60.7 Å². The number of hydrogen-bond acceptors (Lipinski definition) is 1. The largest absolute Gasteiger partial charge is 0.345 e. The summed E-state index contributed by atoms with van der Waals surface area (Å²) < 4.78 is 0. The fourth-order valence-electron chi connectivity index (χ4n) is 2.11. The average molecular weight is 336 g/mol. The van der Waals surface area contributed by atoms with E-state index in [2.05, 4.69) is 5.32 Å². The third-order valence-corrected chi connectivity index (χ3v) is 4.86. The van der Waals surface area contributed by atoms with Gasteiger partial charge in [-0.2, -0.15) is 0 Å². The van der Waals surface area contributed by atoms with E-state index in [1.807, 2.05) is 60.7 Å². The smallest absolute Gasteiger partial charge is 0.229 e. The zero-order valence-electron chi connectivity index (χ0n) is 12.4. The van der Waals surface area contributed by atoms with Gasteiger partial charge in [-0.15, -0.1) is 23.2 Å². The number of nitrogens with one attached hydrogen (secondary N) is 1. The number of rotatable bonds is 6. The van der Waals surface area contributed by atoms with Gasteiger partial charge in [0, 0.05) is 11.8 Å². The van der Waals surface area contributed by atoms with E-state index in [9.17, 15) is 4.79 Å². The maximum absolute atomic E-state index is 12.6. The Morgan fingerprint density at radius 1 is 0.955 bits per heavy atom. The van der Waals surface area contributed by atoms with Gasteiger partial charge in [0.15, 0.2) is 0 Å². The van der Waals surface area contributed by atoms with Gasteiger partial charge in [0.1, 0.15) is 0 Å². The summed E-state index contributed by atoms with van der Waals surface area (Å²) in [5, 5.41) is 3.08. The quantitative estimate of drug-likeness (QED) is 0.780. The monoisotopic (exact) mass is 335 g/mol.